The summed E-state index contributed by atoms with van der Waals surface area (Å²) in [6.45, 7) is 6.09. The Balaban J connectivity index is 1.57. The monoisotopic (exact) mass is 341 g/mol. The normalized spacial score (nSPS) is 17.2. The summed E-state index contributed by atoms with van der Waals surface area (Å²) >= 11 is 0. The van der Waals surface area contributed by atoms with Crippen molar-refractivity contribution in [3.63, 3.8) is 0 Å². The van der Waals surface area contributed by atoms with Crippen LogP contribution in [0.4, 0.5) is 11.5 Å². The predicted molar refractivity (Wildman–Crippen MR) is 96.5 cm³/mol. The lowest BCUT2D eigenvalue weighted by atomic mass is 10.0. The molecule has 7 nitrogen and oxygen atoms in total. The van der Waals surface area contributed by atoms with Gasteiger partial charge in [-0.1, -0.05) is 0 Å². The minimum absolute atomic E-state index is 0.0315. The van der Waals surface area contributed by atoms with Gasteiger partial charge in [-0.25, -0.2) is 4.98 Å². The number of rotatable bonds is 5. The number of aryl methyl sites for hydroxylation is 1. The molecule has 3 heterocycles. The van der Waals surface area contributed by atoms with Gasteiger partial charge in [0.2, 0.25) is 0 Å². The summed E-state index contributed by atoms with van der Waals surface area (Å²) in [6, 6.07) is 6.42. The lowest BCUT2D eigenvalue weighted by Gasteiger charge is -2.36. The van der Waals surface area contributed by atoms with Crippen LogP contribution in [0.25, 0.3) is 0 Å². The highest BCUT2D eigenvalue weighted by atomic mass is 16.6. The molecular weight excluding hydrogens is 318 g/mol. The third-order valence-electron chi connectivity index (χ3n) is 4.88. The molecule has 1 aliphatic rings. The largest absolute Gasteiger partial charge is 0.367 e. The number of anilines is 1. The number of hydrogen-bond acceptors (Lipinski definition) is 6. The summed E-state index contributed by atoms with van der Waals surface area (Å²) in [6.07, 6.45) is 7.03. The van der Waals surface area contributed by atoms with Gasteiger partial charge in [-0.3, -0.25) is 20.0 Å². The Kier molecular flexibility index (Phi) is 5.23. The van der Waals surface area contributed by atoms with Gasteiger partial charge >= 0.3 is 0 Å². The summed E-state index contributed by atoms with van der Waals surface area (Å²) in [7, 11) is 0. The summed E-state index contributed by atoms with van der Waals surface area (Å²) < 4.78 is 0. The molecule has 0 saturated carbocycles. The predicted octanol–water partition coefficient (Wildman–Crippen LogP) is 3.33. The fourth-order valence-electron chi connectivity index (χ4n) is 3.29. The molecule has 0 aromatic carbocycles. The summed E-state index contributed by atoms with van der Waals surface area (Å²) in [4.78, 5) is 21.2. The van der Waals surface area contributed by atoms with Crippen molar-refractivity contribution >= 4 is 11.5 Å². The Hall–Kier alpha value is -2.54. The Labute approximate surface area is 147 Å². The molecule has 0 aliphatic carbocycles. The molecule has 0 radical (unpaired) electrons. The van der Waals surface area contributed by atoms with Gasteiger partial charge in [-0.05, 0) is 49.9 Å². The zero-order valence-corrected chi connectivity index (χ0v) is 14.6. The first kappa shape index (κ1) is 17.3. The molecule has 0 bridgehead atoms. The molecular formula is C18H23N5O2. The number of hydrogen-bond donors (Lipinski definition) is 1. The molecule has 132 valence electrons. The van der Waals surface area contributed by atoms with Gasteiger partial charge in [0, 0.05) is 43.6 Å². The van der Waals surface area contributed by atoms with Crippen LogP contribution >= 0.6 is 0 Å². The minimum Gasteiger partial charge on any atom is -0.367 e. The van der Waals surface area contributed by atoms with E-state index >= 15 is 0 Å². The van der Waals surface area contributed by atoms with Gasteiger partial charge in [0.05, 0.1) is 4.92 Å². The second-order valence-corrected chi connectivity index (χ2v) is 6.53. The Morgan fingerprint density at radius 1 is 1.32 bits per heavy atom. The van der Waals surface area contributed by atoms with E-state index in [-0.39, 0.29) is 5.69 Å². The van der Waals surface area contributed by atoms with Crippen molar-refractivity contribution in [1.29, 1.82) is 0 Å². The van der Waals surface area contributed by atoms with Crippen molar-refractivity contribution in [2.45, 2.75) is 38.8 Å². The highest BCUT2D eigenvalue weighted by molar-refractivity contribution is 5.48. The van der Waals surface area contributed by atoms with Gasteiger partial charge in [0.15, 0.2) is 0 Å². The van der Waals surface area contributed by atoms with Crippen LogP contribution < -0.4 is 5.32 Å². The Morgan fingerprint density at radius 3 is 2.60 bits per heavy atom. The average molecular weight is 341 g/mol. The second kappa shape index (κ2) is 7.57. The molecule has 1 saturated heterocycles. The molecule has 1 aliphatic heterocycles. The number of piperidine rings is 1. The maximum atomic E-state index is 10.8. The lowest BCUT2D eigenvalue weighted by Crippen LogP contribution is -2.40. The average Bonchev–Trinajstić information content (AvgIpc) is 2.64. The van der Waals surface area contributed by atoms with Crippen LogP contribution in [-0.2, 0) is 0 Å². The van der Waals surface area contributed by atoms with Gasteiger partial charge in [0.25, 0.3) is 5.69 Å². The van der Waals surface area contributed by atoms with Crippen LogP contribution in [0.15, 0.2) is 36.8 Å². The van der Waals surface area contributed by atoms with Crippen LogP contribution in [0.5, 0.6) is 0 Å². The van der Waals surface area contributed by atoms with Crippen molar-refractivity contribution in [2.24, 2.45) is 0 Å². The highest BCUT2D eigenvalue weighted by Crippen LogP contribution is 2.26. The zero-order valence-electron chi connectivity index (χ0n) is 14.6. The van der Waals surface area contributed by atoms with Crippen molar-refractivity contribution in [3.05, 3.63) is 58.0 Å². The molecule has 2 aromatic rings. The molecule has 0 amide bonds. The fraction of sp³-hybridized carbons (Fsp3) is 0.444. The summed E-state index contributed by atoms with van der Waals surface area (Å²) in [5.41, 5.74) is 2.13. The van der Waals surface area contributed by atoms with Gasteiger partial charge in [0.1, 0.15) is 12.0 Å². The van der Waals surface area contributed by atoms with Crippen molar-refractivity contribution in [1.82, 2.24) is 14.9 Å². The maximum Gasteiger partial charge on any atom is 0.287 e. The third kappa shape index (κ3) is 4.11. The first-order valence-electron chi connectivity index (χ1n) is 8.56. The molecule has 3 rings (SSSR count). The van der Waals surface area contributed by atoms with Crippen LogP contribution in [0.2, 0.25) is 0 Å². The molecule has 7 heteroatoms. The summed E-state index contributed by atoms with van der Waals surface area (Å²) in [5, 5.41) is 14.3. The number of nitrogens with one attached hydrogen (secondary N) is 1. The number of likely N-dealkylation sites (tertiary alicyclic amines) is 1. The Bertz CT molecular complexity index is 730. The number of nitrogens with zero attached hydrogens (tertiary/aromatic N) is 4. The Morgan fingerprint density at radius 2 is 2.00 bits per heavy atom. The third-order valence-corrected chi connectivity index (χ3v) is 4.88. The first-order valence-corrected chi connectivity index (χ1v) is 8.56. The van der Waals surface area contributed by atoms with Crippen LogP contribution in [-0.4, -0.2) is 38.9 Å². The van der Waals surface area contributed by atoms with Crippen LogP contribution in [0.1, 0.15) is 36.9 Å². The molecule has 0 spiro atoms. The van der Waals surface area contributed by atoms with E-state index in [1.54, 1.807) is 6.07 Å². The lowest BCUT2D eigenvalue weighted by molar-refractivity contribution is -0.385. The van der Waals surface area contributed by atoms with E-state index in [1.165, 1.54) is 11.8 Å². The minimum atomic E-state index is -0.414. The highest BCUT2D eigenvalue weighted by Gasteiger charge is 2.24. The van der Waals surface area contributed by atoms with Crippen molar-refractivity contribution in [2.75, 3.05) is 18.4 Å². The standard InChI is InChI=1S/C18H23N5O2/c1-13-11-17(23(24)25)12-20-18(13)21-16-5-9-22(10-6-16)14(2)15-3-7-19-8-4-15/h3-4,7-8,11-12,14,16H,5-6,9-10H2,1-2H3,(H,20,21). The maximum absolute atomic E-state index is 10.8. The number of pyridine rings is 2. The van der Waals surface area contributed by atoms with Crippen LogP contribution in [0.3, 0.4) is 0 Å². The molecule has 1 unspecified atom stereocenters. The van der Waals surface area contributed by atoms with E-state index in [0.717, 1.165) is 37.3 Å². The topological polar surface area (TPSA) is 84.2 Å². The molecule has 25 heavy (non-hydrogen) atoms. The molecule has 1 atom stereocenters. The van der Waals surface area contributed by atoms with E-state index in [9.17, 15) is 10.1 Å². The van der Waals surface area contributed by atoms with Gasteiger partial charge in [-0.15, -0.1) is 0 Å². The van der Waals surface area contributed by atoms with Gasteiger partial charge < -0.3 is 5.32 Å². The van der Waals surface area contributed by atoms with Crippen molar-refractivity contribution in [3.8, 4) is 0 Å². The number of aromatic nitrogens is 2. The first-order chi connectivity index (χ1) is 12.0. The SMILES string of the molecule is Cc1cc([N+](=O)[O-])cnc1NC1CCN(C(C)c2ccncc2)CC1. The van der Waals surface area contributed by atoms with E-state index in [4.69, 9.17) is 0 Å². The van der Waals surface area contributed by atoms with E-state index in [1.807, 2.05) is 19.3 Å². The fourth-order valence-corrected chi connectivity index (χ4v) is 3.29. The van der Waals surface area contributed by atoms with E-state index in [2.05, 4.69) is 39.2 Å². The van der Waals surface area contributed by atoms with E-state index in [0.29, 0.717) is 12.1 Å². The number of nitro groups is 1. The second-order valence-electron chi connectivity index (χ2n) is 6.53. The molecule has 1 fully saturated rings. The van der Waals surface area contributed by atoms with Gasteiger partial charge in [-0.2, -0.15) is 0 Å². The van der Waals surface area contributed by atoms with Crippen molar-refractivity contribution < 1.29 is 4.92 Å². The molecule has 1 N–H and O–H groups in total. The summed E-state index contributed by atoms with van der Waals surface area (Å²) in [5.74, 6) is 0.742. The van der Waals surface area contributed by atoms with E-state index < -0.39 is 4.92 Å². The smallest absolute Gasteiger partial charge is 0.287 e. The molecule has 2 aromatic heterocycles. The quantitative estimate of drug-likeness (QED) is 0.663. The zero-order chi connectivity index (χ0) is 17.8. The van der Waals surface area contributed by atoms with Crippen LogP contribution in [0, 0.1) is 17.0 Å².